The Labute approximate surface area is 117 Å². The van der Waals surface area contributed by atoms with Gasteiger partial charge < -0.3 is 15.1 Å². The second-order valence-electron chi connectivity index (χ2n) is 6.92. The van der Waals surface area contributed by atoms with E-state index in [0.717, 1.165) is 45.3 Å². The van der Waals surface area contributed by atoms with E-state index in [1.165, 1.54) is 0 Å². The predicted molar refractivity (Wildman–Crippen MR) is 78.3 cm³/mol. The maximum Gasteiger partial charge on any atom is 0.318 e. The van der Waals surface area contributed by atoms with Crippen molar-refractivity contribution in [2.24, 2.45) is 0 Å². The van der Waals surface area contributed by atoms with Gasteiger partial charge in [0.15, 0.2) is 0 Å². The van der Waals surface area contributed by atoms with Crippen LogP contribution in [0.4, 0.5) is 4.79 Å². The lowest BCUT2D eigenvalue weighted by atomic mass is 10.0. The van der Waals surface area contributed by atoms with E-state index in [1.54, 1.807) is 0 Å². The van der Waals surface area contributed by atoms with Crippen LogP contribution in [-0.2, 0) is 0 Å². The number of carbonyl (C=O) groups excluding carboxylic acids is 1. The third kappa shape index (κ3) is 3.41. The van der Waals surface area contributed by atoms with Crippen molar-refractivity contribution in [1.82, 2.24) is 15.1 Å². The van der Waals surface area contributed by atoms with Crippen LogP contribution in [0.5, 0.6) is 0 Å². The largest absolute Gasteiger partial charge is 0.335 e. The van der Waals surface area contributed by atoms with E-state index in [9.17, 15) is 4.79 Å². The highest BCUT2D eigenvalue weighted by Gasteiger charge is 2.36. The van der Waals surface area contributed by atoms with E-state index in [4.69, 9.17) is 0 Å². The molecule has 4 nitrogen and oxygen atoms in total. The Bertz CT molecular complexity index is 319. The van der Waals surface area contributed by atoms with Gasteiger partial charge in [0.25, 0.3) is 0 Å². The van der Waals surface area contributed by atoms with Gasteiger partial charge in [0, 0.05) is 37.3 Å². The Hall–Kier alpha value is -0.770. The summed E-state index contributed by atoms with van der Waals surface area (Å²) in [5, 5.41) is 3.24. The molecule has 0 bridgehead atoms. The van der Waals surface area contributed by atoms with Gasteiger partial charge in [0.05, 0.1) is 0 Å². The standard InChI is InChI=1S/C15H29N3O/c1-12(2)17-10-6-13(7-11-17)16-14(19)18-9-5-8-15(18,3)4/h12-13H,5-11H2,1-4H3,(H,16,19). The van der Waals surface area contributed by atoms with Gasteiger partial charge in [-0.25, -0.2) is 4.79 Å². The monoisotopic (exact) mass is 267 g/mol. The van der Waals surface area contributed by atoms with Gasteiger partial charge in [0.1, 0.15) is 0 Å². The molecule has 2 aliphatic heterocycles. The molecule has 2 amide bonds. The maximum absolute atomic E-state index is 12.3. The summed E-state index contributed by atoms with van der Waals surface area (Å²) in [6.45, 7) is 11.9. The molecule has 0 saturated carbocycles. The molecule has 19 heavy (non-hydrogen) atoms. The van der Waals surface area contributed by atoms with Crippen molar-refractivity contribution in [2.45, 2.75) is 71.0 Å². The van der Waals surface area contributed by atoms with Gasteiger partial charge >= 0.3 is 6.03 Å². The second kappa shape index (κ2) is 5.70. The number of nitrogens with one attached hydrogen (secondary N) is 1. The van der Waals surface area contributed by atoms with Gasteiger partial charge in [-0.1, -0.05) is 0 Å². The maximum atomic E-state index is 12.3. The van der Waals surface area contributed by atoms with Crippen LogP contribution in [0.25, 0.3) is 0 Å². The Kier molecular flexibility index (Phi) is 4.39. The third-order valence-corrected chi connectivity index (χ3v) is 4.73. The zero-order chi connectivity index (χ0) is 14.0. The van der Waals surface area contributed by atoms with Gasteiger partial charge in [-0.15, -0.1) is 0 Å². The Morgan fingerprint density at radius 1 is 1.21 bits per heavy atom. The van der Waals surface area contributed by atoms with Gasteiger partial charge in [0.2, 0.25) is 0 Å². The lowest BCUT2D eigenvalue weighted by Gasteiger charge is -2.37. The van der Waals surface area contributed by atoms with Crippen LogP contribution in [-0.4, -0.2) is 53.1 Å². The summed E-state index contributed by atoms with van der Waals surface area (Å²) in [6, 6.07) is 1.12. The van der Waals surface area contributed by atoms with E-state index in [2.05, 4.69) is 37.9 Å². The van der Waals surface area contributed by atoms with E-state index >= 15 is 0 Å². The van der Waals surface area contributed by atoms with Crippen LogP contribution in [0.1, 0.15) is 53.4 Å². The Morgan fingerprint density at radius 2 is 1.84 bits per heavy atom. The number of amides is 2. The molecule has 0 spiro atoms. The van der Waals surface area contributed by atoms with Gasteiger partial charge in [-0.3, -0.25) is 0 Å². The topological polar surface area (TPSA) is 35.6 Å². The molecule has 2 aliphatic rings. The molecule has 2 heterocycles. The summed E-state index contributed by atoms with van der Waals surface area (Å²) in [4.78, 5) is 16.9. The number of carbonyl (C=O) groups is 1. The fourth-order valence-corrected chi connectivity index (χ4v) is 3.30. The normalized spacial score (nSPS) is 25.0. The van der Waals surface area contributed by atoms with Crippen LogP contribution in [0.15, 0.2) is 0 Å². The first kappa shape index (κ1) is 14.6. The van der Waals surface area contributed by atoms with Crippen molar-refractivity contribution in [2.75, 3.05) is 19.6 Å². The van der Waals surface area contributed by atoms with Crippen molar-refractivity contribution >= 4 is 6.03 Å². The number of urea groups is 1. The van der Waals surface area contributed by atoms with Crippen LogP contribution < -0.4 is 5.32 Å². The predicted octanol–water partition coefficient (Wildman–Crippen LogP) is 2.44. The smallest absolute Gasteiger partial charge is 0.318 e. The number of hydrogen-bond donors (Lipinski definition) is 1. The lowest BCUT2D eigenvalue weighted by Crippen LogP contribution is -2.53. The van der Waals surface area contributed by atoms with Crippen molar-refractivity contribution in [3.8, 4) is 0 Å². The first-order valence-corrected chi connectivity index (χ1v) is 7.72. The molecule has 1 N–H and O–H groups in total. The molecule has 0 aromatic heterocycles. The summed E-state index contributed by atoms with van der Waals surface area (Å²) in [5.74, 6) is 0. The van der Waals surface area contributed by atoms with Gasteiger partial charge in [-0.05, 0) is 53.4 Å². The minimum absolute atomic E-state index is 0.0305. The molecule has 0 radical (unpaired) electrons. The lowest BCUT2D eigenvalue weighted by molar-refractivity contribution is 0.140. The first-order chi connectivity index (χ1) is 8.90. The molecule has 0 aliphatic carbocycles. The molecule has 0 unspecified atom stereocenters. The van der Waals surface area contributed by atoms with Crippen molar-refractivity contribution in [3.63, 3.8) is 0 Å². The third-order valence-electron chi connectivity index (χ3n) is 4.73. The summed E-state index contributed by atoms with van der Waals surface area (Å²) in [7, 11) is 0. The SMILES string of the molecule is CC(C)N1CCC(NC(=O)N2CCCC2(C)C)CC1. The van der Waals surface area contributed by atoms with E-state index in [0.29, 0.717) is 12.1 Å². The highest BCUT2D eigenvalue weighted by molar-refractivity contribution is 5.75. The number of rotatable bonds is 2. The van der Waals surface area contributed by atoms with Crippen molar-refractivity contribution in [3.05, 3.63) is 0 Å². The van der Waals surface area contributed by atoms with Gasteiger partial charge in [-0.2, -0.15) is 0 Å². The average Bonchev–Trinajstić information content (AvgIpc) is 2.69. The summed E-state index contributed by atoms with van der Waals surface area (Å²) in [5.41, 5.74) is 0.0305. The molecule has 4 heteroatoms. The molecule has 2 saturated heterocycles. The minimum atomic E-state index is 0.0305. The molecule has 0 aromatic rings. The van der Waals surface area contributed by atoms with E-state index in [1.807, 2.05) is 4.90 Å². The summed E-state index contributed by atoms with van der Waals surface area (Å²) in [6.07, 6.45) is 4.41. The van der Waals surface area contributed by atoms with Crippen LogP contribution in [0.2, 0.25) is 0 Å². The highest BCUT2D eigenvalue weighted by Crippen LogP contribution is 2.28. The first-order valence-electron chi connectivity index (χ1n) is 7.72. The molecular formula is C15H29N3O. The molecular weight excluding hydrogens is 238 g/mol. The number of nitrogens with zero attached hydrogens (tertiary/aromatic N) is 2. The summed E-state index contributed by atoms with van der Waals surface area (Å²) >= 11 is 0. The molecule has 2 fully saturated rings. The summed E-state index contributed by atoms with van der Waals surface area (Å²) < 4.78 is 0. The molecule has 2 rings (SSSR count). The van der Waals surface area contributed by atoms with Crippen molar-refractivity contribution < 1.29 is 4.79 Å². The fourth-order valence-electron chi connectivity index (χ4n) is 3.30. The number of hydrogen-bond acceptors (Lipinski definition) is 2. The average molecular weight is 267 g/mol. The number of likely N-dealkylation sites (tertiary alicyclic amines) is 2. The zero-order valence-corrected chi connectivity index (χ0v) is 12.9. The van der Waals surface area contributed by atoms with Crippen LogP contribution in [0.3, 0.4) is 0 Å². The Balaban J connectivity index is 1.81. The molecule has 0 aromatic carbocycles. The van der Waals surface area contributed by atoms with E-state index in [-0.39, 0.29) is 11.6 Å². The van der Waals surface area contributed by atoms with Crippen molar-refractivity contribution in [1.29, 1.82) is 0 Å². The minimum Gasteiger partial charge on any atom is -0.335 e. The number of piperidine rings is 1. The second-order valence-corrected chi connectivity index (χ2v) is 6.92. The quantitative estimate of drug-likeness (QED) is 0.834. The van der Waals surface area contributed by atoms with E-state index < -0.39 is 0 Å². The molecule has 0 atom stereocenters. The van der Waals surface area contributed by atoms with Crippen LogP contribution >= 0.6 is 0 Å². The fraction of sp³-hybridized carbons (Fsp3) is 0.933. The zero-order valence-electron chi connectivity index (χ0n) is 12.9. The molecule has 110 valence electrons. The Morgan fingerprint density at radius 3 is 2.32 bits per heavy atom. The van der Waals surface area contributed by atoms with Crippen LogP contribution in [0, 0.1) is 0 Å². The highest BCUT2D eigenvalue weighted by atomic mass is 16.2.